The third-order valence-electron chi connectivity index (χ3n) is 4.97. The van der Waals surface area contributed by atoms with Crippen LogP contribution in [-0.2, 0) is 16.6 Å². The molecule has 0 spiro atoms. The molecule has 3 aliphatic carbocycles. The highest BCUT2D eigenvalue weighted by Gasteiger charge is 2.42. The Bertz CT molecular complexity index is 276. The van der Waals surface area contributed by atoms with E-state index in [9.17, 15) is 4.79 Å². The van der Waals surface area contributed by atoms with E-state index in [-0.39, 0.29) is 0 Å². The number of thiol groups is 1. The summed E-state index contributed by atoms with van der Waals surface area (Å²) in [6, 6.07) is 0. The van der Waals surface area contributed by atoms with E-state index in [4.69, 9.17) is 0 Å². The first-order chi connectivity index (χ1) is 7.83. The van der Waals surface area contributed by atoms with Gasteiger partial charge in [-0.25, -0.2) is 0 Å². The normalized spacial score (nSPS) is 42.9. The van der Waals surface area contributed by atoms with Crippen molar-refractivity contribution in [2.75, 3.05) is 5.75 Å². The van der Waals surface area contributed by atoms with Gasteiger partial charge in [-0.2, -0.15) is 0 Å². The van der Waals surface area contributed by atoms with E-state index in [1.54, 1.807) is 0 Å². The van der Waals surface area contributed by atoms with Crippen LogP contribution in [0.25, 0.3) is 0 Å². The Balaban J connectivity index is 1.47. The average molecular weight is 239 g/mol. The molecule has 0 amide bonds. The second kappa shape index (κ2) is 4.72. The summed E-state index contributed by atoms with van der Waals surface area (Å²) in [4.78, 5) is 11.8. The van der Waals surface area contributed by atoms with Crippen LogP contribution in [-0.4, -0.2) is 16.8 Å². The van der Waals surface area contributed by atoms with Crippen LogP contribution in [0.2, 0.25) is 0 Å². The Labute approximate surface area is 103 Å². The monoisotopic (exact) mass is 239 g/mol. The molecule has 0 radical (unpaired) electrons. The van der Waals surface area contributed by atoms with E-state index < -0.39 is 0 Å². The molecule has 3 saturated carbocycles. The molecular weight excluding hydrogens is 216 g/mol. The van der Waals surface area contributed by atoms with Crippen molar-refractivity contribution in [3.8, 4) is 0 Å². The van der Waals surface area contributed by atoms with Crippen LogP contribution in [0.1, 0.15) is 51.4 Å². The number of carbonyl (C=O) groups excluding carboxylic acids is 1. The van der Waals surface area contributed by atoms with Crippen LogP contribution in [0, 0.1) is 17.8 Å². The molecule has 0 heterocycles. The molecule has 3 fully saturated rings. The van der Waals surface area contributed by atoms with Gasteiger partial charge in [0.15, 0.2) is 11.0 Å². The molecule has 0 aromatic carbocycles. The number of fused-ring (bicyclic) bond motifs is 2. The zero-order valence-electron chi connectivity index (χ0n) is 10.0. The van der Waals surface area contributed by atoms with E-state index in [0.29, 0.717) is 11.0 Å². The fraction of sp³-hybridized carbons (Fsp3) is 0.929. The lowest BCUT2D eigenvalue weighted by atomic mass is 9.90. The summed E-state index contributed by atoms with van der Waals surface area (Å²) in [5, 5.41) is 0.424. The minimum Gasteiger partial charge on any atom is -0.294 e. The summed E-state index contributed by atoms with van der Waals surface area (Å²) in [6.45, 7) is 0. The van der Waals surface area contributed by atoms with Gasteiger partial charge in [-0.05, 0) is 55.7 Å². The predicted octanol–water partition coefficient (Wildman–Crippen LogP) is 2.75. The summed E-state index contributed by atoms with van der Waals surface area (Å²) in [7, 11) is 0. The molecule has 0 aromatic heterocycles. The second-order valence-electron chi connectivity index (χ2n) is 6.03. The zero-order chi connectivity index (χ0) is 11.0. The second-order valence-corrected chi connectivity index (χ2v) is 7.38. The fourth-order valence-corrected chi connectivity index (χ4v) is 5.69. The average Bonchev–Trinajstić information content (AvgIpc) is 2.90. The van der Waals surface area contributed by atoms with Crippen molar-refractivity contribution in [2.45, 2.75) is 56.6 Å². The number of ketones is 1. The highest BCUT2D eigenvalue weighted by atomic mass is 32.2. The lowest BCUT2D eigenvalue weighted by Gasteiger charge is -2.20. The minimum absolute atomic E-state index is 0.424. The van der Waals surface area contributed by atoms with Crippen LogP contribution in [0.15, 0.2) is 0 Å². The molecule has 1 nitrogen and oxygen atoms in total. The molecule has 16 heavy (non-hydrogen) atoms. The largest absolute Gasteiger partial charge is 0.294 e. The topological polar surface area (TPSA) is 17.1 Å². The van der Waals surface area contributed by atoms with Gasteiger partial charge in [0.2, 0.25) is 0 Å². The van der Waals surface area contributed by atoms with E-state index in [1.807, 2.05) is 0 Å². The first-order valence-electron chi connectivity index (χ1n) is 7.02. The number of rotatable bonds is 3. The van der Waals surface area contributed by atoms with Gasteiger partial charge in [-0.15, -0.1) is 0 Å². The van der Waals surface area contributed by atoms with E-state index in [2.05, 4.69) is 0 Å². The highest BCUT2D eigenvalue weighted by molar-refractivity contribution is 7.80. The van der Waals surface area contributed by atoms with Gasteiger partial charge in [0.25, 0.3) is 0 Å². The Morgan fingerprint density at radius 3 is 2.75 bits per heavy atom. The van der Waals surface area contributed by atoms with Crippen LogP contribution < -0.4 is 0 Å². The number of carbonyl (C=O) groups is 1. The Morgan fingerprint density at radius 2 is 2.06 bits per heavy atom. The standard InChI is InChI=1S/C14H22OS/c15-13-3-1-2-4-14(13)16-9-12-8-10-5-6-11(12)7-10/h10-12,14H,1-9H2/p+1. The van der Waals surface area contributed by atoms with Crippen LogP contribution >= 0.6 is 0 Å². The van der Waals surface area contributed by atoms with Gasteiger partial charge in [0.05, 0.1) is 0 Å². The van der Waals surface area contributed by atoms with Crippen molar-refractivity contribution in [2.24, 2.45) is 17.8 Å². The third kappa shape index (κ3) is 2.18. The maximum atomic E-state index is 11.8. The Morgan fingerprint density at radius 1 is 1.12 bits per heavy atom. The summed E-state index contributed by atoms with van der Waals surface area (Å²) in [6.07, 6.45) is 10.5. The summed E-state index contributed by atoms with van der Waals surface area (Å²) in [5.74, 6) is 4.98. The molecule has 90 valence electrons. The number of hydrogen-bond acceptors (Lipinski definition) is 1. The van der Waals surface area contributed by atoms with Gasteiger partial charge in [-0.1, -0.05) is 6.42 Å². The summed E-state index contributed by atoms with van der Waals surface area (Å²) in [5.41, 5.74) is 0. The van der Waals surface area contributed by atoms with Crippen molar-refractivity contribution in [3.63, 3.8) is 0 Å². The van der Waals surface area contributed by atoms with Gasteiger partial charge in [0.1, 0.15) is 5.75 Å². The number of hydrogen-bond donors (Lipinski definition) is 0. The van der Waals surface area contributed by atoms with Gasteiger partial charge in [0, 0.05) is 18.8 Å². The highest BCUT2D eigenvalue weighted by Crippen LogP contribution is 2.48. The lowest BCUT2D eigenvalue weighted by molar-refractivity contribution is -0.119. The molecule has 3 aliphatic rings. The van der Waals surface area contributed by atoms with Crippen LogP contribution in [0.3, 0.4) is 0 Å². The molecule has 4 unspecified atom stereocenters. The van der Waals surface area contributed by atoms with E-state index >= 15 is 0 Å². The molecule has 0 saturated heterocycles. The molecule has 0 N–H and O–H groups in total. The Kier molecular flexibility index (Phi) is 3.28. The van der Waals surface area contributed by atoms with Crippen molar-refractivity contribution in [1.82, 2.24) is 0 Å². The Hall–Kier alpha value is 0.0200. The first-order valence-corrected chi connectivity index (χ1v) is 8.17. The van der Waals surface area contributed by atoms with Crippen molar-refractivity contribution < 1.29 is 4.79 Å². The SMILES string of the molecule is O=C1CCCCC1[SH+]CC1CC2CCC1C2. The van der Waals surface area contributed by atoms with Gasteiger partial charge >= 0.3 is 0 Å². The van der Waals surface area contributed by atoms with Gasteiger partial charge in [-0.3, -0.25) is 4.79 Å². The predicted molar refractivity (Wildman–Crippen MR) is 69.8 cm³/mol. The quantitative estimate of drug-likeness (QED) is 0.547. The van der Waals surface area contributed by atoms with Crippen molar-refractivity contribution in [1.29, 1.82) is 0 Å². The molecule has 0 aliphatic heterocycles. The van der Waals surface area contributed by atoms with Crippen LogP contribution in [0.4, 0.5) is 0 Å². The maximum absolute atomic E-state index is 11.8. The van der Waals surface area contributed by atoms with E-state index in [1.165, 1.54) is 56.0 Å². The maximum Gasteiger partial charge on any atom is 0.184 e. The first kappa shape index (κ1) is 11.1. The van der Waals surface area contributed by atoms with E-state index in [0.717, 1.165) is 30.6 Å². The lowest BCUT2D eigenvalue weighted by Crippen LogP contribution is -2.29. The zero-order valence-corrected chi connectivity index (χ0v) is 10.9. The van der Waals surface area contributed by atoms with Gasteiger partial charge < -0.3 is 0 Å². The summed E-state index contributed by atoms with van der Waals surface area (Å²) >= 11 is 1.47. The molecule has 2 heteroatoms. The molecular formula is C14H23OS+. The molecule has 2 bridgehead atoms. The number of Topliss-reactive ketones (excluding diaryl/α,β-unsaturated/α-hetero) is 1. The summed E-state index contributed by atoms with van der Waals surface area (Å²) < 4.78 is 0. The van der Waals surface area contributed by atoms with Crippen molar-refractivity contribution in [3.05, 3.63) is 0 Å². The molecule has 0 aromatic rings. The van der Waals surface area contributed by atoms with Crippen LogP contribution in [0.5, 0.6) is 0 Å². The molecule has 3 rings (SSSR count). The molecule has 4 atom stereocenters. The minimum atomic E-state index is 0.424. The van der Waals surface area contributed by atoms with Crippen molar-refractivity contribution >= 4 is 17.5 Å². The third-order valence-corrected chi connectivity index (χ3v) is 6.63. The fourth-order valence-electron chi connectivity index (χ4n) is 4.02. The smallest absolute Gasteiger partial charge is 0.184 e.